The molecule has 2 N–H and O–H groups in total. The highest BCUT2D eigenvalue weighted by Gasteiger charge is 2.42. The first-order chi connectivity index (χ1) is 8.33. The van der Waals surface area contributed by atoms with Crippen LogP contribution >= 0.6 is 0 Å². The van der Waals surface area contributed by atoms with Crippen LogP contribution in [0.25, 0.3) is 0 Å². The Hall–Kier alpha value is -1.07. The second-order valence-electron chi connectivity index (χ2n) is 4.88. The van der Waals surface area contributed by atoms with Gasteiger partial charge in [0.2, 0.25) is 0 Å². The van der Waals surface area contributed by atoms with Crippen LogP contribution in [0.2, 0.25) is 0 Å². The predicted octanol–water partition coefficient (Wildman–Crippen LogP) is 2.52. The van der Waals surface area contributed by atoms with Gasteiger partial charge in [-0.25, -0.2) is 0 Å². The molecule has 0 amide bonds. The van der Waals surface area contributed by atoms with E-state index in [9.17, 15) is 18.3 Å². The molecule has 1 aliphatic rings. The Morgan fingerprint density at radius 1 is 1.22 bits per heavy atom. The molecule has 2 nitrogen and oxygen atoms in total. The van der Waals surface area contributed by atoms with E-state index in [0.29, 0.717) is 13.0 Å². The number of alkyl halides is 3. The van der Waals surface area contributed by atoms with Gasteiger partial charge in [0.25, 0.3) is 0 Å². The molecule has 2 atom stereocenters. The van der Waals surface area contributed by atoms with Crippen molar-refractivity contribution < 1.29 is 18.3 Å². The molecule has 1 heterocycles. The van der Waals surface area contributed by atoms with Crippen LogP contribution in [0.3, 0.4) is 0 Å². The Kier molecular flexibility index (Phi) is 3.38. The lowest BCUT2D eigenvalue weighted by Crippen LogP contribution is -2.35. The number of rotatable bonds is 2. The third kappa shape index (κ3) is 2.37. The lowest BCUT2D eigenvalue weighted by molar-refractivity contribution is -0.141. The van der Waals surface area contributed by atoms with E-state index in [2.05, 4.69) is 5.32 Å². The number of halogens is 3. The third-order valence-corrected chi connectivity index (χ3v) is 3.63. The number of benzene rings is 1. The van der Waals surface area contributed by atoms with Gasteiger partial charge in [0.1, 0.15) is 0 Å². The van der Waals surface area contributed by atoms with Crippen molar-refractivity contribution in [3.63, 3.8) is 0 Å². The normalized spacial score (nSPS) is 23.9. The van der Waals surface area contributed by atoms with E-state index in [1.807, 2.05) is 0 Å². The Balaban J connectivity index is 2.43. The molecule has 1 saturated heterocycles. The van der Waals surface area contributed by atoms with Crippen LogP contribution < -0.4 is 5.32 Å². The SMILES string of the molecule is CC(O)(c1ccccc1C(F)(F)F)C1CCNC1. The summed E-state index contributed by atoms with van der Waals surface area (Å²) in [6, 6.07) is 5.25. The van der Waals surface area contributed by atoms with E-state index in [1.54, 1.807) is 0 Å². The molecule has 1 aromatic rings. The van der Waals surface area contributed by atoms with Gasteiger partial charge in [-0.05, 0) is 31.5 Å². The summed E-state index contributed by atoms with van der Waals surface area (Å²) in [4.78, 5) is 0. The zero-order valence-electron chi connectivity index (χ0n) is 10.1. The van der Waals surface area contributed by atoms with Crippen molar-refractivity contribution in [2.45, 2.75) is 25.1 Å². The van der Waals surface area contributed by atoms with Crippen LogP contribution in [-0.4, -0.2) is 18.2 Å². The molecule has 2 rings (SSSR count). The monoisotopic (exact) mass is 259 g/mol. The maximum atomic E-state index is 12.9. The average molecular weight is 259 g/mol. The predicted molar refractivity (Wildman–Crippen MR) is 62.0 cm³/mol. The van der Waals surface area contributed by atoms with Crippen LogP contribution in [0.15, 0.2) is 24.3 Å². The lowest BCUT2D eigenvalue weighted by Gasteiger charge is -2.32. The average Bonchev–Trinajstić information content (AvgIpc) is 2.82. The van der Waals surface area contributed by atoms with Crippen LogP contribution in [0.5, 0.6) is 0 Å². The smallest absolute Gasteiger partial charge is 0.385 e. The first-order valence-electron chi connectivity index (χ1n) is 5.93. The van der Waals surface area contributed by atoms with Gasteiger partial charge in [-0.2, -0.15) is 13.2 Å². The highest BCUT2D eigenvalue weighted by atomic mass is 19.4. The third-order valence-electron chi connectivity index (χ3n) is 3.63. The van der Waals surface area contributed by atoms with E-state index in [1.165, 1.54) is 25.1 Å². The minimum Gasteiger partial charge on any atom is -0.385 e. The van der Waals surface area contributed by atoms with Gasteiger partial charge in [-0.15, -0.1) is 0 Å². The van der Waals surface area contributed by atoms with Crippen LogP contribution in [0.1, 0.15) is 24.5 Å². The fourth-order valence-corrected chi connectivity index (χ4v) is 2.53. The van der Waals surface area contributed by atoms with Gasteiger partial charge >= 0.3 is 6.18 Å². The highest BCUT2D eigenvalue weighted by molar-refractivity contribution is 5.35. The highest BCUT2D eigenvalue weighted by Crippen LogP contribution is 2.40. The molecule has 5 heteroatoms. The fraction of sp³-hybridized carbons (Fsp3) is 0.538. The maximum absolute atomic E-state index is 12.9. The van der Waals surface area contributed by atoms with Gasteiger partial charge in [-0.3, -0.25) is 0 Å². The Morgan fingerprint density at radius 3 is 2.33 bits per heavy atom. The molecule has 1 aliphatic heterocycles. The van der Waals surface area contributed by atoms with Gasteiger partial charge in [0.05, 0.1) is 11.2 Å². The molecule has 100 valence electrons. The standard InChI is InChI=1S/C13H16F3NO/c1-12(18,9-6-7-17-8-9)10-4-2-3-5-11(10)13(14,15)16/h2-5,9,17-18H,6-8H2,1H3. The first-order valence-corrected chi connectivity index (χ1v) is 5.93. The summed E-state index contributed by atoms with van der Waals surface area (Å²) < 4.78 is 38.8. The van der Waals surface area contributed by atoms with Crippen molar-refractivity contribution in [3.8, 4) is 0 Å². The zero-order valence-corrected chi connectivity index (χ0v) is 10.1. The molecule has 1 fully saturated rings. The molecular formula is C13H16F3NO. The van der Waals surface area contributed by atoms with E-state index in [0.717, 1.165) is 12.6 Å². The summed E-state index contributed by atoms with van der Waals surface area (Å²) in [6.07, 6.45) is -3.76. The first kappa shape index (κ1) is 13.4. The number of hydrogen-bond acceptors (Lipinski definition) is 2. The second kappa shape index (κ2) is 4.55. The molecule has 0 aliphatic carbocycles. The molecular weight excluding hydrogens is 243 g/mol. The van der Waals surface area contributed by atoms with E-state index in [-0.39, 0.29) is 11.5 Å². The summed E-state index contributed by atoms with van der Waals surface area (Å²) in [5.41, 5.74) is -2.25. The molecule has 0 bridgehead atoms. The molecule has 0 radical (unpaired) electrons. The Bertz CT molecular complexity index is 422. The summed E-state index contributed by atoms with van der Waals surface area (Å²) in [7, 11) is 0. The van der Waals surface area contributed by atoms with Crippen molar-refractivity contribution in [3.05, 3.63) is 35.4 Å². The van der Waals surface area contributed by atoms with Crippen LogP contribution in [-0.2, 0) is 11.8 Å². The van der Waals surface area contributed by atoms with Crippen molar-refractivity contribution in [2.24, 2.45) is 5.92 Å². The summed E-state index contributed by atoms with van der Waals surface area (Å²) in [5, 5.41) is 13.6. The summed E-state index contributed by atoms with van der Waals surface area (Å²) in [5.74, 6) is -0.194. The van der Waals surface area contributed by atoms with Crippen molar-refractivity contribution in [2.75, 3.05) is 13.1 Å². The van der Waals surface area contributed by atoms with Crippen LogP contribution in [0.4, 0.5) is 13.2 Å². The van der Waals surface area contributed by atoms with Gasteiger partial charge < -0.3 is 10.4 Å². The quantitative estimate of drug-likeness (QED) is 0.855. The maximum Gasteiger partial charge on any atom is 0.416 e. The van der Waals surface area contributed by atoms with Gasteiger partial charge in [-0.1, -0.05) is 18.2 Å². The molecule has 18 heavy (non-hydrogen) atoms. The summed E-state index contributed by atoms with van der Waals surface area (Å²) >= 11 is 0. The Labute approximate surface area is 104 Å². The van der Waals surface area contributed by atoms with Gasteiger partial charge in [0.15, 0.2) is 0 Å². The lowest BCUT2D eigenvalue weighted by atomic mass is 9.80. The largest absolute Gasteiger partial charge is 0.416 e. The summed E-state index contributed by atoms with van der Waals surface area (Å²) in [6.45, 7) is 2.74. The van der Waals surface area contributed by atoms with Crippen molar-refractivity contribution in [1.82, 2.24) is 5.32 Å². The number of aliphatic hydroxyl groups is 1. The van der Waals surface area contributed by atoms with Crippen molar-refractivity contribution >= 4 is 0 Å². The minimum absolute atomic E-state index is 0.0359. The Morgan fingerprint density at radius 2 is 1.83 bits per heavy atom. The molecule has 0 saturated carbocycles. The van der Waals surface area contributed by atoms with Crippen molar-refractivity contribution in [1.29, 1.82) is 0 Å². The van der Waals surface area contributed by atoms with E-state index >= 15 is 0 Å². The van der Waals surface area contributed by atoms with Gasteiger partial charge in [0, 0.05) is 12.5 Å². The second-order valence-corrected chi connectivity index (χ2v) is 4.88. The molecule has 2 unspecified atom stereocenters. The number of nitrogens with one attached hydrogen (secondary N) is 1. The fourth-order valence-electron chi connectivity index (χ4n) is 2.53. The van der Waals surface area contributed by atoms with E-state index in [4.69, 9.17) is 0 Å². The molecule has 1 aromatic carbocycles. The van der Waals surface area contributed by atoms with E-state index < -0.39 is 17.3 Å². The zero-order chi connectivity index (χ0) is 13.4. The minimum atomic E-state index is -4.44. The topological polar surface area (TPSA) is 32.3 Å². The number of hydrogen-bond donors (Lipinski definition) is 2. The molecule has 0 spiro atoms. The van der Waals surface area contributed by atoms with Crippen LogP contribution in [0, 0.1) is 5.92 Å². The molecule has 0 aromatic heterocycles.